The normalized spacial score (nSPS) is 42.2. The maximum atomic E-state index is 13.4. The molecular weight excluding hydrogens is 344 g/mol. The maximum Gasteiger partial charge on any atom is 0.251 e. The van der Waals surface area contributed by atoms with E-state index < -0.39 is 0 Å². The summed E-state index contributed by atoms with van der Waals surface area (Å²) in [6, 6.07) is 11.0. The van der Waals surface area contributed by atoms with E-state index in [2.05, 4.69) is 35.3 Å². The van der Waals surface area contributed by atoms with Crippen molar-refractivity contribution in [2.75, 3.05) is 6.54 Å². The van der Waals surface area contributed by atoms with Gasteiger partial charge in [0.2, 0.25) is 0 Å². The molecule has 0 aromatic heterocycles. The monoisotopic (exact) mass is 378 g/mol. The van der Waals surface area contributed by atoms with E-state index in [1.165, 1.54) is 37.7 Å². The number of carbonyl (C=O) groups is 1. The van der Waals surface area contributed by atoms with Crippen molar-refractivity contribution in [3.05, 3.63) is 35.9 Å². The molecule has 5 saturated carbocycles. The predicted octanol–water partition coefficient (Wildman–Crippen LogP) is 4.89. The van der Waals surface area contributed by atoms with Gasteiger partial charge in [-0.05, 0) is 105 Å². The Bertz CT molecular complexity index is 733. The molecule has 0 radical (unpaired) electrons. The van der Waals surface area contributed by atoms with Gasteiger partial charge in [0.1, 0.15) is 0 Å². The summed E-state index contributed by atoms with van der Waals surface area (Å²) < 4.78 is 0. The first kappa shape index (κ1) is 18.5. The summed E-state index contributed by atoms with van der Waals surface area (Å²) >= 11 is 0. The molecule has 5 fully saturated rings. The maximum absolute atomic E-state index is 13.4. The van der Waals surface area contributed by atoms with Crippen molar-refractivity contribution in [3.63, 3.8) is 0 Å². The Morgan fingerprint density at radius 2 is 1.71 bits per heavy atom. The van der Waals surface area contributed by atoms with E-state index in [0.29, 0.717) is 23.7 Å². The number of hydrogen-bond donors (Lipinski definition) is 1. The van der Waals surface area contributed by atoms with Gasteiger partial charge >= 0.3 is 0 Å². The molecule has 0 spiro atoms. The lowest BCUT2D eigenvalue weighted by atomic mass is 9.42. The van der Waals surface area contributed by atoms with Crippen LogP contribution in [0.25, 0.3) is 0 Å². The van der Waals surface area contributed by atoms with Crippen LogP contribution in [0.15, 0.2) is 35.3 Å². The Balaban J connectivity index is 1.35. The molecule has 3 nitrogen and oxygen atoms in total. The van der Waals surface area contributed by atoms with Gasteiger partial charge in [-0.2, -0.15) is 0 Å². The van der Waals surface area contributed by atoms with E-state index in [0.717, 1.165) is 38.6 Å². The molecule has 5 aliphatic rings. The third kappa shape index (κ3) is 3.16. The molecule has 6 rings (SSSR count). The Morgan fingerprint density at radius 3 is 2.36 bits per heavy atom. The molecule has 0 aliphatic heterocycles. The van der Waals surface area contributed by atoms with Gasteiger partial charge in [0, 0.05) is 6.21 Å². The zero-order chi connectivity index (χ0) is 19.2. The molecule has 4 bridgehead atoms. The number of benzene rings is 1. The minimum absolute atomic E-state index is 0.190. The SMILES string of the molecule is NCC1CCC(C=NC(=O)C23CC4CC(C2)CC(c2ccccc2)(C4)C3)CC1. The van der Waals surface area contributed by atoms with Crippen molar-refractivity contribution < 1.29 is 4.79 Å². The largest absolute Gasteiger partial charge is 0.330 e. The van der Waals surface area contributed by atoms with Crippen molar-refractivity contribution >= 4 is 12.1 Å². The second-order valence-electron chi connectivity index (χ2n) is 10.5. The van der Waals surface area contributed by atoms with Crippen LogP contribution in [-0.2, 0) is 10.2 Å². The van der Waals surface area contributed by atoms with Crippen molar-refractivity contribution in [3.8, 4) is 0 Å². The first-order valence-corrected chi connectivity index (χ1v) is 11.5. The molecule has 0 heterocycles. The van der Waals surface area contributed by atoms with Crippen LogP contribution in [0.4, 0.5) is 0 Å². The predicted molar refractivity (Wildman–Crippen MR) is 113 cm³/mol. The van der Waals surface area contributed by atoms with Crippen LogP contribution in [-0.4, -0.2) is 18.7 Å². The van der Waals surface area contributed by atoms with Crippen molar-refractivity contribution in [1.82, 2.24) is 0 Å². The molecule has 28 heavy (non-hydrogen) atoms. The summed E-state index contributed by atoms with van der Waals surface area (Å²) in [6.45, 7) is 0.802. The molecule has 2 N–H and O–H groups in total. The van der Waals surface area contributed by atoms with Crippen LogP contribution in [0.2, 0.25) is 0 Å². The topological polar surface area (TPSA) is 55.4 Å². The second-order valence-corrected chi connectivity index (χ2v) is 10.5. The first-order valence-electron chi connectivity index (χ1n) is 11.5. The van der Waals surface area contributed by atoms with E-state index in [1.54, 1.807) is 0 Å². The summed E-state index contributed by atoms with van der Waals surface area (Å²) in [7, 11) is 0. The first-order chi connectivity index (χ1) is 13.6. The van der Waals surface area contributed by atoms with Gasteiger partial charge in [0.25, 0.3) is 5.91 Å². The minimum atomic E-state index is -0.190. The highest BCUT2D eigenvalue weighted by molar-refractivity contribution is 5.90. The zero-order valence-corrected chi connectivity index (χ0v) is 17.0. The summed E-state index contributed by atoms with van der Waals surface area (Å²) in [4.78, 5) is 18.0. The van der Waals surface area contributed by atoms with Crippen LogP contribution in [0.3, 0.4) is 0 Å². The standard InChI is InChI=1S/C25H34N2O/c26-15-18-6-8-19(9-7-18)16-27-23(28)25-13-20-10-21(14-25)12-24(11-20,17-25)22-4-2-1-3-5-22/h1-5,16,18-21H,6-15,17,26H2. The Morgan fingerprint density at radius 1 is 1.04 bits per heavy atom. The quantitative estimate of drug-likeness (QED) is 0.759. The average molecular weight is 379 g/mol. The summed E-state index contributed by atoms with van der Waals surface area (Å²) in [5.41, 5.74) is 7.30. The zero-order valence-electron chi connectivity index (χ0n) is 17.0. The number of carbonyl (C=O) groups excluding carboxylic acids is 1. The number of aliphatic imine (C=N–C) groups is 1. The van der Waals surface area contributed by atoms with Crippen LogP contribution in [0.5, 0.6) is 0 Å². The lowest BCUT2D eigenvalue weighted by Crippen LogP contribution is -2.56. The van der Waals surface area contributed by atoms with E-state index in [9.17, 15) is 4.79 Å². The van der Waals surface area contributed by atoms with Crippen molar-refractivity contribution in [2.45, 2.75) is 69.6 Å². The van der Waals surface area contributed by atoms with Gasteiger partial charge in [0.15, 0.2) is 0 Å². The van der Waals surface area contributed by atoms with Crippen LogP contribution >= 0.6 is 0 Å². The molecule has 0 saturated heterocycles. The van der Waals surface area contributed by atoms with Crippen LogP contribution in [0.1, 0.15) is 69.8 Å². The number of hydrogen-bond acceptors (Lipinski definition) is 2. The number of nitrogens with two attached hydrogens (primary N) is 1. The number of rotatable bonds is 4. The highest BCUT2D eigenvalue weighted by Gasteiger charge is 2.60. The van der Waals surface area contributed by atoms with Gasteiger partial charge in [-0.25, -0.2) is 4.99 Å². The lowest BCUT2D eigenvalue weighted by Gasteiger charge is -2.61. The molecule has 2 atom stereocenters. The molecule has 150 valence electrons. The molecule has 1 aromatic carbocycles. The summed E-state index contributed by atoms with van der Waals surface area (Å²) in [6.07, 6.45) is 13.7. The molecule has 5 aliphatic carbocycles. The molecule has 3 heteroatoms. The molecule has 1 amide bonds. The summed E-state index contributed by atoms with van der Waals surface area (Å²) in [5, 5.41) is 0. The van der Waals surface area contributed by atoms with Gasteiger partial charge in [-0.3, -0.25) is 4.79 Å². The number of amides is 1. The fraction of sp³-hybridized carbons (Fsp3) is 0.680. The lowest BCUT2D eigenvalue weighted by molar-refractivity contribution is -0.145. The fourth-order valence-corrected chi connectivity index (χ4v) is 7.53. The third-order valence-corrected chi connectivity index (χ3v) is 8.53. The number of nitrogens with zero attached hydrogens (tertiary/aromatic N) is 1. The highest BCUT2D eigenvalue weighted by atomic mass is 16.1. The Labute approximate surface area is 169 Å². The average Bonchev–Trinajstić information content (AvgIpc) is 2.72. The van der Waals surface area contributed by atoms with Gasteiger partial charge in [-0.1, -0.05) is 30.3 Å². The van der Waals surface area contributed by atoms with E-state index in [4.69, 9.17) is 5.73 Å². The highest BCUT2D eigenvalue weighted by Crippen LogP contribution is 2.66. The van der Waals surface area contributed by atoms with Crippen LogP contribution < -0.4 is 5.73 Å². The summed E-state index contributed by atoms with van der Waals surface area (Å²) in [5.74, 6) is 2.77. The van der Waals surface area contributed by atoms with Gasteiger partial charge < -0.3 is 5.73 Å². The Kier molecular flexibility index (Phi) is 4.70. The van der Waals surface area contributed by atoms with E-state index in [1.807, 2.05) is 6.21 Å². The third-order valence-electron chi connectivity index (χ3n) is 8.53. The second kappa shape index (κ2) is 7.09. The molecule has 1 aromatic rings. The van der Waals surface area contributed by atoms with Crippen LogP contribution in [0, 0.1) is 29.1 Å². The van der Waals surface area contributed by atoms with Gasteiger partial charge in [-0.15, -0.1) is 0 Å². The van der Waals surface area contributed by atoms with Crippen molar-refractivity contribution in [2.24, 2.45) is 39.8 Å². The van der Waals surface area contributed by atoms with E-state index >= 15 is 0 Å². The van der Waals surface area contributed by atoms with Gasteiger partial charge in [0.05, 0.1) is 5.41 Å². The minimum Gasteiger partial charge on any atom is -0.330 e. The van der Waals surface area contributed by atoms with E-state index in [-0.39, 0.29) is 16.7 Å². The molecular formula is C25H34N2O. The van der Waals surface area contributed by atoms with Crippen molar-refractivity contribution in [1.29, 1.82) is 0 Å². The Hall–Kier alpha value is -1.48. The molecule has 2 unspecified atom stereocenters. The smallest absolute Gasteiger partial charge is 0.251 e. The fourth-order valence-electron chi connectivity index (χ4n) is 7.53.